The molecule has 98 valence electrons. The summed E-state index contributed by atoms with van der Waals surface area (Å²) < 4.78 is 0. The van der Waals surface area contributed by atoms with Gasteiger partial charge in [0, 0.05) is 5.75 Å². The summed E-state index contributed by atoms with van der Waals surface area (Å²) in [6.07, 6.45) is 0. The van der Waals surface area contributed by atoms with E-state index >= 15 is 0 Å². The van der Waals surface area contributed by atoms with Gasteiger partial charge in [-0.15, -0.1) is 0 Å². The summed E-state index contributed by atoms with van der Waals surface area (Å²) in [5, 5.41) is 0. The topological polar surface area (TPSA) is 0 Å². The van der Waals surface area contributed by atoms with Crippen LogP contribution < -0.4 is 0 Å². The third-order valence-corrected chi connectivity index (χ3v) is 3.81. The van der Waals surface area contributed by atoms with Crippen molar-refractivity contribution >= 4 is 12.6 Å². The van der Waals surface area contributed by atoms with Crippen LogP contribution in [0.25, 0.3) is 22.3 Å². The van der Waals surface area contributed by atoms with Crippen molar-refractivity contribution in [1.82, 2.24) is 0 Å². The zero-order valence-electron chi connectivity index (χ0n) is 11.2. The number of benzene rings is 3. The van der Waals surface area contributed by atoms with Crippen LogP contribution in [0.4, 0.5) is 0 Å². The molecule has 0 aliphatic heterocycles. The predicted molar refractivity (Wildman–Crippen MR) is 90.0 cm³/mol. The highest BCUT2D eigenvalue weighted by Gasteiger charge is 2.06. The summed E-state index contributed by atoms with van der Waals surface area (Å²) >= 11 is 4.45. The van der Waals surface area contributed by atoms with Crippen molar-refractivity contribution in [3.8, 4) is 22.3 Å². The van der Waals surface area contributed by atoms with Crippen molar-refractivity contribution in [2.75, 3.05) is 0 Å². The third kappa shape index (κ3) is 2.63. The molecular weight excluding hydrogens is 260 g/mol. The van der Waals surface area contributed by atoms with E-state index in [-0.39, 0.29) is 0 Å². The van der Waals surface area contributed by atoms with E-state index in [1.165, 1.54) is 27.8 Å². The van der Waals surface area contributed by atoms with Gasteiger partial charge in [0.05, 0.1) is 0 Å². The SMILES string of the molecule is SCc1ccc(-c2ccccc2)cc1-c1ccccc1. The maximum Gasteiger partial charge on any atom is 0.0160 e. The van der Waals surface area contributed by atoms with E-state index in [1.54, 1.807) is 0 Å². The van der Waals surface area contributed by atoms with Crippen LogP contribution in [0.1, 0.15) is 5.56 Å². The third-order valence-electron chi connectivity index (χ3n) is 3.47. The van der Waals surface area contributed by atoms with Crippen LogP contribution in [0.3, 0.4) is 0 Å². The largest absolute Gasteiger partial charge is 0.175 e. The van der Waals surface area contributed by atoms with E-state index in [2.05, 4.69) is 79.4 Å². The van der Waals surface area contributed by atoms with Crippen molar-refractivity contribution in [3.05, 3.63) is 84.4 Å². The smallest absolute Gasteiger partial charge is 0.0160 e. The molecule has 1 heteroatoms. The number of rotatable bonds is 3. The summed E-state index contributed by atoms with van der Waals surface area (Å²) in [5.41, 5.74) is 6.26. The lowest BCUT2D eigenvalue weighted by Gasteiger charge is -2.11. The average Bonchev–Trinajstić information content (AvgIpc) is 2.56. The molecule has 0 unspecified atom stereocenters. The first-order chi connectivity index (χ1) is 9.88. The second-order valence-electron chi connectivity index (χ2n) is 4.76. The Morgan fingerprint density at radius 1 is 0.600 bits per heavy atom. The van der Waals surface area contributed by atoms with Crippen LogP contribution in [-0.4, -0.2) is 0 Å². The average molecular weight is 276 g/mol. The first kappa shape index (κ1) is 13.0. The van der Waals surface area contributed by atoms with E-state index in [4.69, 9.17) is 0 Å². The van der Waals surface area contributed by atoms with Crippen molar-refractivity contribution in [2.45, 2.75) is 5.75 Å². The highest BCUT2D eigenvalue weighted by atomic mass is 32.1. The van der Waals surface area contributed by atoms with Gasteiger partial charge in [-0.05, 0) is 33.9 Å². The fraction of sp³-hybridized carbons (Fsp3) is 0.0526. The molecule has 0 saturated carbocycles. The molecule has 0 amide bonds. The molecule has 0 atom stereocenters. The Kier molecular flexibility index (Phi) is 3.89. The Morgan fingerprint density at radius 2 is 1.20 bits per heavy atom. The Balaban J connectivity index is 2.13. The molecule has 3 rings (SSSR count). The lowest BCUT2D eigenvalue weighted by atomic mass is 9.95. The molecule has 0 radical (unpaired) electrons. The first-order valence-corrected chi connectivity index (χ1v) is 7.36. The van der Waals surface area contributed by atoms with Gasteiger partial charge in [-0.25, -0.2) is 0 Å². The molecular formula is C19H16S. The fourth-order valence-corrected chi connectivity index (χ4v) is 2.69. The second-order valence-corrected chi connectivity index (χ2v) is 5.08. The molecule has 20 heavy (non-hydrogen) atoms. The molecule has 3 aromatic rings. The van der Waals surface area contributed by atoms with E-state index in [0.717, 1.165) is 5.75 Å². The zero-order chi connectivity index (χ0) is 13.8. The van der Waals surface area contributed by atoms with Crippen LogP contribution in [0.15, 0.2) is 78.9 Å². The highest BCUT2D eigenvalue weighted by Crippen LogP contribution is 2.30. The molecule has 0 nitrogen and oxygen atoms in total. The standard InChI is InChI=1S/C19H16S/c20-14-18-12-11-17(15-7-3-1-4-8-15)13-19(18)16-9-5-2-6-10-16/h1-13,20H,14H2. The van der Waals surface area contributed by atoms with Crippen LogP contribution >= 0.6 is 12.6 Å². The van der Waals surface area contributed by atoms with E-state index in [1.807, 2.05) is 12.1 Å². The molecule has 0 aliphatic rings. The van der Waals surface area contributed by atoms with Crippen LogP contribution in [-0.2, 0) is 5.75 Å². The zero-order valence-corrected chi connectivity index (χ0v) is 12.1. The van der Waals surface area contributed by atoms with Crippen LogP contribution in [0, 0.1) is 0 Å². The summed E-state index contributed by atoms with van der Waals surface area (Å²) in [6.45, 7) is 0. The van der Waals surface area contributed by atoms with Gasteiger partial charge < -0.3 is 0 Å². The van der Waals surface area contributed by atoms with E-state index < -0.39 is 0 Å². The minimum atomic E-state index is 0.749. The molecule has 0 bridgehead atoms. The van der Waals surface area contributed by atoms with Crippen molar-refractivity contribution in [2.24, 2.45) is 0 Å². The summed E-state index contributed by atoms with van der Waals surface area (Å²) in [4.78, 5) is 0. The lowest BCUT2D eigenvalue weighted by Crippen LogP contribution is -1.88. The van der Waals surface area contributed by atoms with Crippen molar-refractivity contribution < 1.29 is 0 Å². The van der Waals surface area contributed by atoms with Gasteiger partial charge >= 0.3 is 0 Å². The Hall–Kier alpha value is -1.99. The Labute approximate surface area is 125 Å². The predicted octanol–water partition coefficient (Wildman–Crippen LogP) is 5.45. The molecule has 0 aromatic heterocycles. The molecule has 0 fully saturated rings. The van der Waals surface area contributed by atoms with Gasteiger partial charge in [-0.2, -0.15) is 12.6 Å². The Morgan fingerprint density at radius 3 is 1.80 bits per heavy atom. The first-order valence-electron chi connectivity index (χ1n) is 6.73. The van der Waals surface area contributed by atoms with Crippen LogP contribution in [0.5, 0.6) is 0 Å². The Bertz CT molecular complexity index is 687. The second kappa shape index (κ2) is 5.98. The number of hydrogen-bond acceptors (Lipinski definition) is 1. The minimum Gasteiger partial charge on any atom is -0.175 e. The van der Waals surface area contributed by atoms with Gasteiger partial charge in [-0.1, -0.05) is 72.8 Å². The maximum atomic E-state index is 4.45. The molecule has 0 spiro atoms. The highest BCUT2D eigenvalue weighted by molar-refractivity contribution is 7.79. The van der Waals surface area contributed by atoms with Crippen molar-refractivity contribution in [3.63, 3.8) is 0 Å². The monoisotopic (exact) mass is 276 g/mol. The number of hydrogen-bond donors (Lipinski definition) is 1. The molecule has 0 N–H and O–H groups in total. The molecule has 3 aromatic carbocycles. The van der Waals surface area contributed by atoms with Gasteiger partial charge in [0.1, 0.15) is 0 Å². The summed E-state index contributed by atoms with van der Waals surface area (Å²) in [5.74, 6) is 0.749. The quantitative estimate of drug-likeness (QED) is 0.604. The van der Waals surface area contributed by atoms with Gasteiger partial charge in [0.2, 0.25) is 0 Å². The lowest BCUT2D eigenvalue weighted by molar-refractivity contribution is 1.42. The van der Waals surface area contributed by atoms with Crippen LogP contribution in [0.2, 0.25) is 0 Å². The summed E-state index contributed by atoms with van der Waals surface area (Å²) in [7, 11) is 0. The van der Waals surface area contributed by atoms with Gasteiger partial charge in [0.15, 0.2) is 0 Å². The normalized spacial score (nSPS) is 10.4. The molecule has 0 saturated heterocycles. The summed E-state index contributed by atoms with van der Waals surface area (Å²) in [6, 6.07) is 27.6. The van der Waals surface area contributed by atoms with Gasteiger partial charge in [0.25, 0.3) is 0 Å². The minimum absolute atomic E-state index is 0.749. The van der Waals surface area contributed by atoms with Crippen molar-refractivity contribution in [1.29, 1.82) is 0 Å². The maximum absolute atomic E-state index is 4.45. The van der Waals surface area contributed by atoms with E-state index in [0.29, 0.717) is 0 Å². The number of thiol groups is 1. The van der Waals surface area contributed by atoms with Gasteiger partial charge in [-0.3, -0.25) is 0 Å². The van der Waals surface area contributed by atoms with E-state index in [9.17, 15) is 0 Å². The molecule has 0 aliphatic carbocycles. The fourth-order valence-electron chi connectivity index (χ4n) is 2.41. The molecule has 0 heterocycles.